The number of rotatable bonds is 10. The molecule has 1 aliphatic heterocycles. The maximum Gasteiger partial charge on any atom is 0.335 e. The van der Waals surface area contributed by atoms with E-state index in [9.17, 15) is 14.7 Å². The van der Waals surface area contributed by atoms with Crippen LogP contribution in [0.25, 0.3) is 0 Å². The molecule has 5 rings (SSSR count). The summed E-state index contributed by atoms with van der Waals surface area (Å²) in [7, 11) is 0. The van der Waals surface area contributed by atoms with Crippen LogP contribution in [0.5, 0.6) is 11.5 Å². The summed E-state index contributed by atoms with van der Waals surface area (Å²) in [4.78, 5) is 37.9. The smallest absolute Gasteiger partial charge is 0.335 e. The molecule has 1 aliphatic rings. The molecule has 12 heteroatoms. The van der Waals surface area contributed by atoms with Crippen molar-refractivity contribution >= 4 is 17.3 Å². The van der Waals surface area contributed by atoms with E-state index < -0.39 is 11.4 Å². The van der Waals surface area contributed by atoms with Crippen molar-refractivity contribution in [3.8, 4) is 11.5 Å². The molecule has 2 aromatic carbocycles. The normalized spacial score (nSPS) is 15.7. The van der Waals surface area contributed by atoms with Gasteiger partial charge in [0.05, 0.1) is 38.2 Å². The van der Waals surface area contributed by atoms with Crippen LogP contribution in [0.1, 0.15) is 30.4 Å². The molecular formula is C29H30ClN5O6. The van der Waals surface area contributed by atoms with Crippen LogP contribution in [0, 0.1) is 0 Å². The van der Waals surface area contributed by atoms with E-state index in [2.05, 4.69) is 15.0 Å². The number of hydrogen-bond donors (Lipinski definition) is 2. The van der Waals surface area contributed by atoms with Gasteiger partial charge in [0.1, 0.15) is 11.5 Å². The van der Waals surface area contributed by atoms with E-state index in [0.717, 1.165) is 29.4 Å². The molecule has 0 radical (unpaired) electrons. The monoisotopic (exact) mass is 579 g/mol. The van der Waals surface area contributed by atoms with E-state index in [-0.39, 0.29) is 38.2 Å². The summed E-state index contributed by atoms with van der Waals surface area (Å²) in [6.45, 7) is 0.880. The van der Waals surface area contributed by atoms with Crippen molar-refractivity contribution in [3.63, 3.8) is 0 Å². The van der Waals surface area contributed by atoms with Crippen molar-refractivity contribution in [1.82, 2.24) is 19.1 Å². The van der Waals surface area contributed by atoms with Crippen LogP contribution in [0.3, 0.4) is 0 Å². The van der Waals surface area contributed by atoms with E-state index in [1.54, 1.807) is 54.9 Å². The number of aromatic nitrogens is 4. The molecule has 0 spiro atoms. The average Bonchev–Trinajstić information content (AvgIpc) is 2.99. The lowest BCUT2D eigenvalue weighted by molar-refractivity contribution is -0.163. The number of pyridine rings is 1. The highest BCUT2D eigenvalue weighted by Gasteiger charge is 2.15. The van der Waals surface area contributed by atoms with E-state index in [1.165, 1.54) is 4.57 Å². The second kappa shape index (κ2) is 13.6. The molecule has 1 unspecified atom stereocenters. The molecule has 1 fully saturated rings. The highest BCUT2D eigenvalue weighted by Crippen LogP contribution is 2.24. The number of halogens is 1. The summed E-state index contributed by atoms with van der Waals surface area (Å²) in [5.74, 6) is 1.01. The Hall–Kier alpha value is -4.03. The Labute approximate surface area is 240 Å². The fourth-order valence-electron chi connectivity index (χ4n) is 4.33. The fraction of sp³-hybridized carbons (Fsp3) is 0.310. The highest BCUT2D eigenvalue weighted by molar-refractivity contribution is 6.30. The zero-order valence-corrected chi connectivity index (χ0v) is 23.0. The summed E-state index contributed by atoms with van der Waals surface area (Å²) >= 11 is 6.04. The highest BCUT2D eigenvalue weighted by atomic mass is 35.5. The Morgan fingerprint density at radius 2 is 1.83 bits per heavy atom. The molecule has 3 heterocycles. The van der Waals surface area contributed by atoms with Crippen LogP contribution in [0.15, 0.2) is 81.6 Å². The van der Waals surface area contributed by atoms with Crippen molar-refractivity contribution < 1.29 is 19.3 Å². The Morgan fingerprint density at radius 1 is 1.02 bits per heavy atom. The maximum atomic E-state index is 13.6. The van der Waals surface area contributed by atoms with E-state index >= 15 is 0 Å². The first kappa shape index (κ1) is 28.5. The van der Waals surface area contributed by atoms with Gasteiger partial charge in [0.2, 0.25) is 5.62 Å². The second-order valence-corrected chi connectivity index (χ2v) is 9.90. The van der Waals surface area contributed by atoms with E-state index in [1.807, 2.05) is 12.1 Å². The van der Waals surface area contributed by atoms with Gasteiger partial charge >= 0.3 is 11.4 Å². The molecule has 1 saturated heterocycles. The molecule has 214 valence electrons. The molecule has 11 nitrogen and oxygen atoms in total. The third kappa shape index (κ3) is 7.59. The van der Waals surface area contributed by atoms with Gasteiger partial charge in [-0.25, -0.2) is 19.1 Å². The first-order valence-electron chi connectivity index (χ1n) is 13.3. The SMILES string of the molecule is O=c1[nH]/c(=N\c2ccc(Oc3cncc(CO)c3)cc2)n(Cc2ccc(Cl)cc2)c(=O)n1CCOC1CCCCO1. The zero-order valence-electron chi connectivity index (χ0n) is 22.2. The Balaban J connectivity index is 1.42. The summed E-state index contributed by atoms with van der Waals surface area (Å²) in [6, 6.07) is 15.6. The lowest BCUT2D eigenvalue weighted by Crippen LogP contribution is -2.50. The number of nitrogens with one attached hydrogen (secondary N) is 1. The van der Waals surface area contributed by atoms with Gasteiger partial charge in [-0.15, -0.1) is 0 Å². The molecule has 0 bridgehead atoms. The van der Waals surface area contributed by atoms with Crippen LogP contribution in [-0.2, 0) is 29.2 Å². The number of ether oxygens (including phenoxy) is 3. The van der Waals surface area contributed by atoms with E-state index in [4.69, 9.17) is 25.8 Å². The third-order valence-corrected chi connectivity index (χ3v) is 6.70. The van der Waals surface area contributed by atoms with Gasteiger partial charge in [-0.05, 0) is 72.9 Å². The van der Waals surface area contributed by atoms with Crippen LogP contribution >= 0.6 is 11.6 Å². The van der Waals surface area contributed by atoms with E-state index in [0.29, 0.717) is 34.4 Å². The molecule has 1 atom stereocenters. The minimum atomic E-state index is -0.592. The summed E-state index contributed by atoms with van der Waals surface area (Å²) in [5.41, 5.74) is 0.913. The van der Waals surface area contributed by atoms with Gasteiger partial charge in [0.15, 0.2) is 6.29 Å². The first-order valence-corrected chi connectivity index (χ1v) is 13.7. The number of aliphatic hydroxyl groups excluding tert-OH is 1. The predicted octanol–water partition coefficient (Wildman–Crippen LogP) is 3.50. The standard InChI is InChI=1S/C29H30ClN5O6/c30-22-6-4-20(5-7-22)18-35-27(33-28(37)34(29(35)38)12-14-40-26-3-1-2-13-39-26)32-23-8-10-24(11-9-23)41-25-15-21(19-36)16-31-17-25/h4-11,15-17,26,36H,1-3,12-14,18-19H2,(H,32,33,37). The Kier molecular flexibility index (Phi) is 9.42. The summed E-state index contributed by atoms with van der Waals surface area (Å²) < 4.78 is 19.6. The number of H-pyrrole nitrogens is 1. The molecule has 0 amide bonds. The van der Waals surface area contributed by atoms with Crippen molar-refractivity contribution in [2.24, 2.45) is 4.99 Å². The topological polar surface area (TPSA) is 133 Å². The second-order valence-electron chi connectivity index (χ2n) is 9.46. The number of benzene rings is 2. The Bertz CT molecular complexity index is 1640. The number of nitrogens with zero attached hydrogens (tertiary/aromatic N) is 4. The average molecular weight is 580 g/mol. The molecule has 4 aromatic rings. The van der Waals surface area contributed by atoms with Crippen LogP contribution < -0.4 is 21.7 Å². The molecule has 0 saturated carbocycles. The largest absolute Gasteiger partial charge is 0.456 e. The third-order valence-electron chi connectivity index (χ3n) is 6.45. The van der Waals surface area contributed by atoms with Crippen molar-refractivity contribution in [1.29, 1.82) is 0 Å². The minimum Gasteiger partial charge on any atom is -0.456 e. The van der Waals surface area contributed by atoms with Gasteiger partial charge in [-0.1, -0.05) is 23.7 Å². The minimum absolute atomic E-state index is 0.0628. The summed E-state index contributed by atoms with van der Waals surface area (Å²) in [5, 5.41) is 9.88. The van der Waals surface area contributed by atoms with Crippen molar-refractivity contribution in [2.75, 3.05) is 13.2 Å². The van der Waals surface area contributed by atoms with Gasteiger partial charge < -0.3 is 19.3 Å². The molecule has 2 N–H and O–H groups in total. The quantitative estimate of drug-likeness (QED) is 0.294. The van der Waals surface area contributed by atoms with Gasteiger partial charge in [-0.2, -0.15) is 0 Å². The summed E-state index contributed by atoms with van der Waals surface area (Å²) in [6.07, 6.45) is 5.58. The van der Waals surface area contributed by atoms with Gasteiger partial charge in [0.25, 0.3) is 0 Å². The van der Waals surface area contributed by atoms with Crippen molar-refractivity contribution in [2.45, 2.75) is 45.2 Å². The fourth-order valence-corrected chi connectivity index (χ4v) is 4.45. The first-order chi connectivity index (χ1) is 20.0. The number of hydrogen-bond acceptors (Lipinski definition) is 8. The zero-order chi connectivity index (χ0) is 28.6. The van der Waals surface area contributed by atoms with Gasteiger partial charge in [0, 0.05) is 17.8 Å². The predicted molar refractivity (Wildman–Crippen MR) is 151 cm³/mol. The maximum absolute atomic E-state index is 13.6. The number of aliphatic hydroxyl groups is 1. The molecule has 2 aromatic heterocycles. The number of aromatic amines is 1. The lowest BCUT2D eigenvalue weighted by atomic mass is 10.2. The molecule has 0 aliphatic carbocycles. The Morgan fingerprint density at radius 3 is 2.56 bits per heavy atom. The van der Waals surface area contributed by atoms with Crippen molar-refractivity contribution in [3.05, 3.63) is 110 Å². The molecule has 41 heavy (non-hydrogen) atoms. The van der Waals surface area contributed by atoms with Crippen LogP contribution in [0.2, 0.25) is 5.02 Å². The lowest BCUT2D eigenvalue weighted by Gasteiger charge is -2.22. The van der Waals surface area contributed by atoms with Crippen LogP contribution in [0.4, 0.5) is 5.69 Å². The van der Waals surface area contributed by atoms with Crippen LogP contribution in [-0.4, -0.2) is 43.7 Å². The molecular weight excluding hydrogens is 550 g/mol. The van der Waals surface area contributed by atoms with Gasteiger partial charge in [-0.3, -0.25) is 14.5 Å².